The lowest BCUT2D eigenvalue weighted by Crippen LogP contribution is -2.37. The van der Waals surface area contributed by atoms with Gasteiger partial charge in [-0.05, 0) is 25.1 Å². The molecule has 0 unspecified atom stereocenters. The first-order valence-corrected chi connectivity index (χ1v) is 7.94. The van der Waals surface area contributed by atoms with Crippen LogP contribution in [0.2, 0.25) is 0 Å². The molecule has 2 aromatic rings. The highest BCUT2D eigenvalue weighted by atomic mass is 16.6. The Bertz CT molecular complexity index is 783. The van der Waals surface area contributed by atoms with E-state index in [2.05, 4.69) is 0 Å². The molecule has 0 atom stereocenters. The number of nitrogens with zero attached hydrogens (tertiary/aromatic N) is 2. The average Bonchev–Trinajstić information content (AvgIpc) is 2.63. The summed E-state index contributed by atoms with van der Waals surface area (Å²) >= 11 is 0. The van der Waals surface area contributed by atoms with Gasteiger partial charge in [-0.25, -0.2) is 4.79 Å². The Morgan fingerprint density at radius 2 is 1.84 bits per heavy atom. The molecule has 1 aliphatic rings. The fourth-order valence-electron chi connectivity index (χ4n) is 2.65. The molecule has 1 aliphatic heterocycles. The first kappa shape index (κ1) is 16.9. The van der Waals surface area contributed by atoms with Crippen LogP contribution < -0.4 is 9.64 Å². The van der Waals surface area contributed by atoms with Gasteiger partial charge in [-0.15, -0.1) is 0 Å². The number of non-ortho nitro benzene ring substituents is 1. The largest absolute Gasteiger partial charge is 0.423 e. The Labute approximate surface area is 144 Å². The zero-order chi connectivity index (χ0) is 17.8. The van der Waals surface area contributed by atoms with Gasteiger partial charge in [0.05, 0.1) is 29.4 Å². The van der Waals surface area contributed by atoms with Gasteiger partial charge in [-0.3, -0.25) is 10.1 Å². The number of esters is 1. The predicted octanol–water partition coefficient (Wildman–Crippen LogP) is 2.96. The zero-order valence-electron chi connectivity index (χ0n) is 13.8. The van der Waals surface area contributed by atoms with E-state index in [-0.39, 0.29) is 11.3 Å². The zero-order valence-corrected chi connectivity index (χ0v) is 13.8. The van der Waals surface area contributed by atoms with E-state index < -0.39 is 10.9 Å². The van der Waals surface area contributed by atoms with E-state index in [9.17, 15) is 14.9 Å². The fourth-order valence-corrected chi connectivity index (χ4v) is 2.65. The van der Waals surface area contributed by atoms with Gasteiger partial charge in [0.1, 0.15) is 5.75 Å². The highest BCUT2D eigenvalue weighted by molar-refractivity contribution is 5.98. The third kappa shape index (κ3) is 3.95. The van der Waals surface area contributed by atoms with Crippen molar-refractivity contribution < 1.29 is 19.2 Å². The summed E-state index contributed by atoms with van der Waals surface area (Å²) in [5.41, 5.74) is 1.69. The number of hydrogen-bond acceptors (Lipinski definition) is 6. The van der Waals surface area contributed by atoms with Crippen LogP contribution in [0.3, 0.4) is 0 Å². The summed E-state index contributed by atoms with van der Waals surface area (Å²) in [7, 11) is 0. The van der Waals surface area contributed by atoms with Crippen molar-refractivity contribution in [3.05, 3.63) is 63.7 Å². The Kier molecular flexibility index (Phi) is 4.95. The second-order valence-electron chi connectivity index (χ2n) is 5.76. The monoisotopic (exact) mass is 342 g/mol. The van der Waals surface area contributed by atoms with Crippen molar-refractivity contribution in [3.63, 3.8) is 0 Å². The Morgan fingerprint density at radius 1 is 1.16 bits per heavy atom. The van der Waals surface area contributed by atoms with Crippen molar-refractivity contribution in [2.45, 2.75) is 6.92 Å². The van der Waals surface area contributed by atoms with Gasteiger partial charge in [0.2, 0.25) is 0 Å². The third-order valence-electron chi connectivity index (χ3n) is 3.99. The molecule has 0 amide bonds. The van der Waals surface area contributed by atoms with Crippen LogP contribution in [0.25, 0.3) is 0 Å². The maximum atomic E-state index is 12.6. The third-order valence-corrected chi connectivity index (χ3v) is 3.99. The lowest BCUT2D eigenvalue weighted by atomic mass is 10.1. The van der Waals surface area contributed by atoms with E-state index in [4.69, 9.17) is 9.47 Å². The number of aryl methyl sites for hydroxylation is 1. The smallest absolute Gasteiger partial charge is 0.345 e. The Hall–Kier alpha value is -2.93. The van der Waals surface area contributed by atoms with E-state index in [1.54, 1.807) is 18.2 Å². The number of ether oxygens (including phenoxy) is 2. The van der Waals surface area contributed by atoms with Crippen molar-refractivity contribution >= 4 is 17.3 Å². The highest BCUT2D eigenvalue weighted by Gasteiger charge is 2.23. The number of hydrogen-bond donors (Lipinski definition) is 0. The topological polar surface area (TPSA) is 81.9 Å². The van der Waals surface area contributed by atoms with Crippen molar-refractivity contribution in [2.24, 2.45) is 0 Å². The highest BCUT2D eigenvalue weighted by Crippen LogP contribution is 2.27. The van der Waals surface area contributed by atoms with E-state index in [1.807, 2.05) is 24.0 Å². The Balaban J connectivity index is 1.92. The van der Waals surface area contributed by atoms with E-state index in [1.165, 1.54) is 12.1 Å². The van der Waals surface area contributed by atoms with Crippen LogP contribution in [0.15, 0.2) is 42.5 Å². The number of carbonyl (C=O) groups is 1. The Morgan fingerprint density at radius 3 is 2.48 bits per heavy atom. The van der Waals surface area contributed by atoms with Gasteiger partial charge in [0.25, 0.3) is 5.69 Å². The molecule has 0 N–H and O–H groups in total. The minimum absolute atomic E-state index is 0.145. The maximum Gasteiger partial charge on any atom is 0.345 e. The van der Waals surface area contributed by atoms with Crippen LogP contribution in [0.5, 0.6) is 5.75 Å². The van der Waals surface area contributed by atoms with E-state index in [0.717, 1.165) is 5.56 Å². The van der Waals surface area contributed by atoms with Gasteiger partial charge >= 0.3 is 5.97 Å². The quantitative estimate of drug-likeness (QED) is 0.368. The summed E-state index contributed by atoms with van der Waals surface area (Å²) in [5.74, 6) is -0.218. The molecular formula is C18H18N2O5. The second kappa shape index (κ2) is 7.31. The second-order valence-corrected chi connectivity index (χ2v) is 5.76. The minimum atomic E-state index is -0.617. The maximum absolute atomic E-state index is 12.6. The summed E-state index contributed by atoms with van der Waals surface area (Å²) in [4.78, 5) is 25.2. The molecule has 0 radical (unpaired) electrons. The van der Waals surface area contributed by atoms with Crippen molar-refractivity contribution in [3.8, 4) is 5.75 Å². The van der Waals surface area contributed by atoms with E-state index >= 15 is 0 Å². The summed E-state index contributed by atoms with van der Waals surface area (Å²) < 4.78 is 10.7. The number of carbonyl (C=O) groups excluding carboxylic acids is 1. The van der Waals surface area contributed by atoms with Gasteiger partial charge < -0.3 is 14.4 Å². The molecule has 0 aromatic heterocycles. The van der Waals surface area contributed by atoms with Crippen molar-refractivity contribution in [1.82, 2.24) is 0 Å². The minimum Gasteiger partial charge on any atom is -0.423 e. The molecule has 7 nitrogen and oxygen atoms in total. The molecular weight excluding hydrogens is 324 g/mol. The molecule has 3 rings (SSSR count). The first-order chi connectivity index (χ1) is 12.0. The molecule has 0 aliphatic carbocycles. The van der Waals surface area contributed by atoms with Crippen LogP contribution in [0.4, 0.5) is 11.4 Å². The molecule has 0 bridgehead atoms. The van der Waals surface area contributed by atoms with Crippen molar-refractivity contribution in [2.75, 3.05) is 31.2 Å². The molecule has 2 aromatic carbocycles. The number of rotatable bonds is 4. The number of nitro benzene ring substituents is 1. The molecule has 0 spiro atoms. The molecule has 1 fully saturated rings. The van der Waals surface area contributed by atoms with E-state index in [0.29, 0.717) is 37.7 Å². The molecule has 0 saturated carbocycles. The van der Waals surface area contributed by atoms with Crippen LogP contribution in [0.1, 0.15) is 15.9 Å². The molecule has 130 valence electrons. The van der Waals surface area contributed by atoms with Gasteiger partial charge in [0.15, 0.2) is 0 Å². The molecule has 1 heterocycles. The SMILES string of the molecule is Cc1ccc(OC(=O)c2cc([N+](=O)[O-])ccc2N2CCOCC2)cc1. The van der Waals surface area contributed by atoms with Crippen LogP contribution >= 0.6 is 0 Å². The number of benzene rings is 2. The van der Waals surface area contributed by atoms with Crippen LogP contribution in [-0.4, -0.2) is 37.2 Å². The number of morpholine rings is 1. The van der Waals surface area contributed by atoms with Gasteiger partial charge in [-0.1, -0.05) is 17.7 Å². The summed E-state index contributed by atoms with van der Waals surface area (Å²) in [6.45, 7) is 4.25. The van der Waals surface area contributed by atoms with Crippen LogP contribution in [-0.2, 0) is 4.74 Å². The number of anilines is 1. The van der Waals surface area contributed by atoms with Crippen LogP contribution in [0, 0.1) is 17.0 Å². The lowest BCUT2D eigenvalue weighted by molar-refractivity contribution is -0.384. The first-order valence-electron chi connectivity index (χ1n) is 7.94. The lowest BCUT2D eigenvalue weighted by Gasteiger charge is -2.30. The number of nitro groups is 1. The molecule has 25 heavy (non-hydrogen) atoms. The normalized spacial score (nSPS) is 14.2. The predicted molar refractivity (Wildman–Crippen MR) is 92.3 cm³/mol. The fraction of sp³-hybridized carbons (Fsp3) is 0.278. The van der Waals surface area contributed by atoms with Gasteiger partial charge in [-0.2, -0.15) is 0 Å². The summed E-state index contributed by atoms with van der Waals surface area (Å²) in [5, 5.41) is 11.1. The molecule has 1 saturated heterocycles. The average molecular weight is 342 g/mol. The van der Waals surface area contributed by atoms with Crippen molar-refractivity contribution in [1.29, 1.82) is 0 Å². The summed E-state index contributed by atoms with van der Waals surface area (Å²) in [6.07, 6.45) is 0. The standard InChI is InChI=1S/C18H18N2O5/c1-13-2-5-15(6-3-13)25-18(21)16-12-14(20(22)23)4-7-17(16)19-8-10-24-11-9-19/h2-7,12H,8-11H2,1H3. The van der Waals surface area contributed by atoms with Gasteiger partial charge in [0, 0.05) is 25.2 Å². The summed E-state index contributed by atoms with van der Waals surface area (Å²) in [6, 6.07) is 11.3. The molecule has 7 heteroatoms.